The molecule has 0 spiro atoms. The molecule has 1 saturated carbocycles. The van der Waals surface area contributed by atoms with Gasteiger partial charge in [0.1, 0.15) is 0 Å². The highest BCUT2D eigenvalue weighted by Crippen LogP contribution is 2.26. The molecule has 0 unspecified atom stereocenters. The highest BCUT2D eigenvalue weighted by molar-refractivity contribution is 6.09. The van der Waals surface area contributed by atoms with E-state index < -0.39 is 0 Å². The zero-order valence-electron chi connectivity index (χ0n) is 17.8. The van der Waals surface area contributed by atoms with Gasteiger partial charge < -0.3 is 15.2 Å². The van der Waals surface area contributed by atoms with Gasteiger partial charge in [0.05, 0.1) is 11.3 Å². The first-order valence-corrected chi connectivity index (χ1v) is 10.5. The Morgan fingerprint density at radius 3 is 2.80 bits per heavy atom. The minimum Gasteiger partial charge on any atom is -0.350 e. The number of nitrogens with zero attached hydrogens (tertiary/aromatic N) is 2. The van der Waals surface area contributed by atoms with E-state index in [1.54, 1.807) is 24.4 Å². The minimum atomic E-state index is -0.258. The topological polar surface area (TPSA) is 76.0 Å². The van der Waals surface area contributed by atoms with Gasteiger partial charge in [-0.2, -0.15) is 0 Å². The number of pyridine rings is 1. The summed E-state index contributed by atoms with van der Waals surface area (Å²) < 4.78 is 1.91. The summed E-state index contributed by atoms with van der Waals surface area (Å²) in [5, 5.41) is 5.84. The number of nitrogens with one attached hydrogen (secondary N) is 2. The van der Waals surface area contributed by atoms with Crippen molar-refractivity contribution in [1.82, 2.24) is 14.9 Å². The van der Waals surface area contributed by atoms with E-state index >= 15 is 0 Å². The van der Waals surface area contributed by atoms with E-state index in [1.165, 1.54) is 6.42 Å². The molecule has 1 fully saturated rings. The average Bonchev–Trinajstić information content (AvgIpc) is 3.02. The Labute approximate surface area is 178 Å². The number of carbonyl (C=O) groups excluding carboxylic acids is 2. The molecule has 3 rings (SSSR count). The van der Waals surface area contributed by atoms with Crippen LogP contribution < -0.4 is 10.6 Å². The Bertz CT molecular complexity index is 954. The van der Waals surface area contributed by atoms with E-state index in [9.17, 15) is 9.59 Å². The number of rotatable bonds is 9. The molecule has 1 aliphatic carbocycles. The molecule has 2 aromatic heterocycles. The van der Waals surface area contributed by atoms with Crippen molar-refractivity contribution in [3.05, 3.63) is 65.8 Å². The summed E-state index contributed by atoms with van der Waals surface area (Å²) in [6.45, 7) is 6.52. The van der Waals surface area contributed by atoms with E-state index in [2.05, 4.69) is 28.3 Å². The maximum absolute atomic E-state index is 13.1. The SMILES string of the molecule is C=Cc1c(CC/C=C\C)c(C(=O)Nc2cccnc2C(=O)NCC2CCC2)cn1C. The van der Waals surface area contributed by atoms with Gasteiger partial charge in [-0.25, -0.2) is 4.98 Å². The van der Waals surface area contributed by atoms with Crippen LogP contribution in [0.25, 0.3) is 6.08 Å². The van der Waals surface area contributed by atoms with Crippen LogP contribution in [0.5, 0.6) is 0 Å². The van der Waals surface area contributed by atoms with Crippen molar-refractivity contribution in [3.63, 3.8) is 0 Å². The first-order valence-electron chi connectivity index (χ1n) is 10.5. The van der Waals surface area contributed by atoms with Crippen molar-refractivity contribution < 1.29 is 9.59 Å². The maximum Gasteiger partial charge on any atom is 0.272 e. The van der Waals surface area contributed by atoms with Crippen LogP contribution in [-0.2, 0) is 13.5 Å². The zero-order valence-corrected chi connectivity index (χ0v) is 17.8. The molecule has 2 N–H and O–H groups in total. The first kappa shape index (κ1) is 21.6. The van der Waals surface area contributed by atoms with Crippen LogP contribution >= 0.6 is 0 Å². The van der Waals surface area contributed by atoms with Crippen LogP contribution in [0.4, 0.5) is 5.69 Å². The second kappa shape index (κ2) is 10.1. The molecule has 0 atom stereocenters. The predicted molar refractivity (Wildman–Crippen MR) is 121 cm³/mol. The van der Waals surface area contributed by atoms with Crippen LogP contribution in [0.3, 0.4) is 0 Å². The number of aryl methyl sites for hydroxylation is 1. The summed E-state index contributed by atoms with van der Waals surface area (Å²) in [7, 11) is 1.90. The number of carbonyl (C=O) groups is 2. The van der Waals surface area contributed by atoms with Gasteiger partial charge in [0.25, 0.3) is 11.8 Å². The van der Waals surface area contributed by atoms with Gasteiger partial charge in [0.15, 0.2) is 5.69 Å². The van der Waals surface area contributed by atoms with Gasteiger partial charge in [0, 0.05) is 31.7 Å². The Kier molecular flexibility index (Phi) is 7.22. The highest BCUT2D eigenvalue weighted by Gasteiger charge is 2.22. The molecule has 0 radical (unpaired) electrons. The third kappa shape index (κ3) is 4.87. The number of allylic oxidation sites excluding steroid dienone is 2. The number of anilines is 1. The van der Waals surface area contributed by atoms with Crippen LogP contribution in [0.2, 0.25) is 0 Å². The van der Waals surface area contributed by atoms with Crippen molar-refractivity contribution in [3.8, 4) is 0 Å². The Hall–Kier alpha value is -3.15. The Morgan fingerprint density at radius 2 is 2.13 bits per heavy atom. The molecule has 6 heteroatoms. The quantitative estimate of drug-likeness (QED) is 0.608. The van der Waals surface area contributed by atoms with Crippen molar-refractivity contribution in [2.75, 3.05) is 11.9 Å². The van der Waals surface area contributed by atoms with Crippen LogP contribution in [-0.4, -0.2) is 27.9 Å². The molecule has 0 bridgehead atoms. The second-order valence-corrected chi connectivity index (χ2v) is 7.69. The summed E-state index contributed by atoms with van der Waals surface area (Å²) in [4.78, 5) is 29.9. The lowest BCUT2D eigenvalue weighted by molar-refractivity contribution is 0.0935. The van der Waals surface area contributed by atoms with Crippen molar-refractivity contribution in [2.45, 2.75) is 39.0 Å². The van der Waals surface area contributed by atoms with Crippen LogP contribution in [0, 0.1) is 5.92 Å². The Morgan fingerprint density at radius 1 is 1.33 bits per heavy atom. The van der Waals surface area contributed by atoms with Gasteiger partial charge >= 0.3 is 0 Å². The molecule has 2 amide bonds. The van der Waals surface area contributed by atoms with E-state index in [4.69, 9.17) is 0 Å². The molecule has 0 aromatic carbocycles. The molecule has 2 heterocycles. The number of aromatic nitrogens is 2. The van der Waals surface area contributed by atoms with Gasteiger partial charge in [-0.05, 0) is 62.3 Å². The molecule has 30 heavy (non-hydrogen) atoms. The highest BCUT2D eigenvalue weighted by atomic mass is 16.2. The molecule has 0 saturated heterocycles. The van der Waals surface area contributed by atoms with E-state index in [1.807, 2.05) is 30.8 Å². The van der Waals surface area contributed by atoms with Gasteiger partial charge in [0.2, 0.25) is 0 Å². The molecular formula is C24H30N4O2. The maximum atomic E-state index is 13.1. The third-order valence-electron chi connectivity index (χ3n) is 5.62. The summed E-state index contributed by atoms with van der Waals surface area (Å²) >= 11 is 0. The normalized spacial score (nSPS) is 13.8. The summed E-state index contributed by atoms with van der Waals surface area (Å²) in [5.41, 5.74) is 3.11. The summed E-state index contributed by atoms with van der Waals surface area (Å²) in [5.74, 6) is 0.0400. The smallest absolute Gasteiger partial charge is 0.272 e. The predicted octanol–water partition coefficient (Wildman–Crippen LogP) is 4.35. The van der Waals surface area contributed by atoms with E-state index in [0.717, 1.165) is 36.9 Å². The fraction of sp³-hybridized carbons (Fsp3) is 0.375. The van der Waals surface area contributed by atoms with Crippen molar-refractivity contribution in [2.24, 2.45) is 13.0 Å². The van der Waals surface area contributed by atoms with Gasteiger partial charge in [-0.15, -0.1) is 0 Å². The fourth-order valence-electron chi connectivity index (χ4n) is 3.71. The number of hydrogen-bond acceptors (Lipinski definition) is 3. The fourth-order valence-corrected chi connectivity index (χ4v) is 3.71. The molecule has 6 nitrogen and oxygen atoms in total. The summed E-state index contributed by atoms with van der Waals surface area (Å²) in [6, 6.07) is 3.42. The molecule has 158 valence electrons. The average molecular weight is 407 g/mol. The van der Waals surface area contributed by atoms with Gasteiger partial charge in [-0.1, -0.05) is 25.2 Å². The minimum absolute atomic E-state index is 0.237. The van der Waals surface area contributed by atoms with E-state index in [-0.39, 0.29) is 17.5 Å². The standard InChI is InChI=1S/C24H30N4O2/c1-4-6-7-12-18-19(16-28(3)21(18)5-2)23(29)27-20-13-9-14-25-22(20)24(30)26-15-17-10-8-11-17/h4-6,9,13-14,16-17H,2,7-8,10-12,15H2,1,3H3,(H,26,30)(H,27,29)/b6-4-. The summed E-state index contributed by atoms with van der Waals surface area (Å²) in [6.07, 6.45) is 14.3. The van der Waals surface area contributed by atoms with E-state index in [0.29, 0.717) is 23.7 Å². The lowest BCUT2D eigenvalue weighted by Crippen LogP contribution is -2.33. The number of hydrogen-bond donors (Lipinski definition) is 2. The van der Waals surface area contributed by atoms with Crippen molar-refractivity contribution >= 4 is 23.6 Å². The molecule has 0 aliphatic heterocycles. The Balaban J connectivity index is 1.79. The zero-order chi connectivity index (χ0) is 21.5. The number of amides is 2. The molecule has 1 aliphatic rings. The molecular weight excluding hydrogens is 376 g/mol. The second-order valence-electron chi connectivity index (χ2n) is 7.69. The van der Waals surface area contributed by atoms with Crippen LogP contribution in [0.1, 0.15) is 64.7 Å². The van der Waals surface area contributed by atoms with Crippen molar-refractivity contribution in [1.29, 1.82) is 0 Å². The molecule has 2 aromatic rings. The largest absolute Gasteiger partial charge is 0.350 e. The lowest BCUT2D eigenvalue weighted by Gasteiger charge is -2.25. The first-order chi connectivity index (χ1) is 14.5. The van der Waals surface area contributed by atoms with Gasteiger partial charge in [-0.3, -0.25) is 9.59 Å². The third-order valence-corrected chi connectivity index (χ3v) is 5.62. The van der Waals surface area contributed by atoms with Crippen LogP contribution in [0.15, 0.2) is 43.3 Å². The lowest BCUT2D eigenvalue weighted by atomic mass is 9.85. The monoisotopic (exact) mass is 406 g/mol.